The average molecular weight is 479 g/mol. The Morgan fingerprint density at radius 3 is 2.75 bits per heavy atom. The lowest BCUT2D eigenvalue weighted by Gasteiger charge is -2.25. The number of nitrogens with one attached hydrogen (secondary N) is 1. The highest BCUT2D eigenvalue weighted by Crippen LogP contribution is 2.37. The van der Waals surface area contributed by atoms with Crippen LogP contribution in [0.15, 0.2) is 42.3 Å². The first-order chi connectivity index (χ1) is 15.3. The molecule has 1 amide bonds. The number of carbonyl (C=O) groups is 1. The number of hydrogen-bond donors (Lipinski definition) is 1. The van der Waals surface area contributed by atoms with E-state index in [1.165, 1.54) is 34.8 Å². The monoisotopic (exact) mass is 478 g/mol. The minimum absolute atomic E-state index is 0.171. The summed E-state index contributed by atoms with van der Waals surface area (Å²) in [6, 6.07) is 0.974. The Hall–Kier alpha value is -3.18. The van der Waals surface area contributed by atoms with Crippen molar-refractivity contribution in [3.05, 3.63) is 63.7 Å². The van der Waals surface area contributed by atoms with Crippen LogP contribution in [0.2, 0.25) is 5.15 Å². The molecule has 1 N–H and O–H groups in total. The lowest BCUT2D eigenvalue weighted by atomic mass is 10.1. The van der Waals surface area contributed by atoms with Crippen molar-refractivity contribution in [2.75, 3.05) is 13.1 Å². The van der Waals surface area contributed by atoms with Gasteiger partial charge in [0.25, 0.3) is 5.91 Å². The number of aromatic nitrogens is 5. The Balaban J connectivity index is 1.54. The van der Waals surface area contributed by atoms with Crippen molar-refractivity contribution in [1.29, 1.82) is 0 Å². The molecule has 1 aliphatic rings. The number of carbonyl (C=O) groups excluding carboxylic acids is 1. The fourth-order valence-electron chi connectivity index (χ4n) is 3.61. The largest absolute Gasteiger partial charge is 0.420 e. The SMILES string of the molecule is O=C(c1nc2c(C(F)(F)F)cc(-c3cn[nH]c3)cn2c1Cl)N1CC=C(c2nccs2)CC1. The minimum Gasteiger partial charge on any atom is -0.333 e. The van der Waals surface area contributed by atoms with E-state index in [9.17, 15) is 18.0 Å². The van der Waals surface area contributed by atoms with E-state index < -0.39 is 23.3 Å². The Labute approximate surface area is 188 Å². The van der Waals surface area contributed by atoms with Crippen LogP contribution in [0.25, 0.3) is 22.3 Å². The number of imidazole rings is 1. The first-order valence-corrected chi connectivity index (χ1v) is 10.7. The fraction of sp³-hybridized carbons (Fsp3) is 0.200. The standard InChI is InChI=1S/C20H14ClF3N6OS/c21-16-15(19(31)29-4-1-11(2-5-29)18-25-3-6-32-18)28-17-14(20(22,23)24)7-12(10-30(16)17)13-8-26-27-9-13/h1,3,6-10H,2,4-5H2,(H,26,27). The third kappa shape index (κ3) is 3.56. The molecule has 5 rings (SSSR count). The van der Waals surface area contributed by atoms with E-state index in [0.29, 0.717) is 25.1 Å². The third-order valence-corrected chi connectivity index (χ3v) is 6.41. The Kier molecular flexibility index (Phi) is 5.01. The second-order valence-electron chi connectivity index (χ2n) is 7.14. The number of hydrogen-bond acceptors (Lipinski definition) is 5. The zero-order valence-corrected chi connectivity index (χ0v) is 17.8. The van der Waals surface area contributed by atoms with Gasteiger partial charge in [-0.1, -0.05) is 17.7 Å². The molecule has 0 radical (unpaired) electrons. The molecule has 0 atom stereocenters. The number of thiazole rings is 1. The zero-order chi connectivity index (χ0) is 22.5. The van der Waals surface area contributed by atoms with Crippen molar-refractivity contribution >= 4 is 40.1 Å². The molecule has 164 valence electrons. The Bertz CT molecular complexity index is 1330. The van der Waals surface area contributed by atoms with Crippen LogP contribution in [0, 0.1) is 0 Å². The molecule has 0 saturated heterocycles. The number of pyridine rings is 1. The maximum Gasteiger partial charge on any atom is 0.420 e. The molecular weight excluding hydrogens is 465 g/mol. The zero-order valence-electron chi connectivity index (χ0n) is 16.2. The summed E-state index contributed by atoms with van der Waals surface area (Å²) in [6.45, 7) is 0.686. The predicted octanol–water partition coefficient (Wildman–Crippen LogP) is 4.78. The maximum absolute atomic E-state index is 13.8. The normalized spacial score (nSPS) is 14.8. The van der Waals surface area contributed by atoms with Gasteiger partial charge in [0.15, 0.2) is 11.3 Å². The number of aromatic amines is 1. The van der Waals surface area contributed by atoms with Gasteiger partial charge in [0.05, 0.1) is 11.8 Å². The summed E-state index contributed by atoms with van der Waals surface area (Å²) in [5.74, 6) is -0.522. The van der Waals surface area contributed by atoms with Crippen LogP contribution in [0.1, 0.15) is 27.5 Å². The van der Waals surface area contributed by atoms with Gasteiger partial charge in [0, 0.05) is 48.2 Å². The van der Waals surface area contributed by atoms with Crippen molar-refractivity contribution in [2.24, 2.45) is 0 Å². The number of fused-ring (bicyclic) bond motifs is 1. The molecular formula is C20H14ClF3N6OS. The summed E-state index contributed by atoms with van der Waals surface area (Å²) in [5, 5.41) is 8.95. The van der Waals surface area contributed by atoms with Crippen molar-refractivity contribution in [3.8, 4) is 11.1 Å². The molecule has 0 bridgehead atoms. The highest BCUT2D eigenvalue weighted by Gasteiger charge is 2.36. The Morgan fingerprint density at radius 2 is 2.12 bits per heavy atom. The van der Waals surface area contributed by atoms with E-state index in [0.717, 1.165) is 21.0 Å². The molecule has 0 aromatic carbocycles. The number of amides is 1. The van der Waals surface area contributed by atoms with E-state index in [4.69, 9.17) is 11.6 Å². The van der Waals surface area contributed by atoms with Crippen LogP contribution in [0.3, 0.4) is 0 Å². The van der Waals surface area contributed by atoms with E-state index in [-0.39, 0.29) is 16.4 Å². The van der Waals surface area contributed by atoms with Crippen LogP contribution in [0.5, 0.6) is 0 Å². The highest BCUT2D eigenvalue weighted by atomic mass is 35.5. The van der Waals surface area contributed by atoms with Crippen LogP contribution < -0.4 is 0 Å². The van der Waals surface area contributed by atoms with Gasteiger partial charge in [0.2, 0.25) is 0 Å². The summed E-state index contributed by atoms with van der Waals surface area (Å²) in [7, 11) is 0. The van der Waals surface area contributed by atoms with E-state index in [1.54, 1.807) is 6.20 Å². The summed E-state index contributed by atoms with van der Waals surface area (Å²) >= 11 is 7.89. The summed E-state index contributed by atoms with van der Waals surface area (Å²) < 4.78 is 42.5. The van der Waals surface area contributed by atoms with E-state index in [1.807, 2.05) is 11.5 Å². The summed E-state index contributed by atoms with van der Waals surface area (Å²) in [4.78, 5) is 22.9. The van der Waals surface area contributed by atoms with Crippen molar-refractivity contribution in [3.63, 3.8) is 0 Å². The van der Waals surface area contributed by atoms with Crippen LogP contribution in [0.4, 0.5) is 13.2 Å². The van der Waals surface area contributed by atoms with Gasteiger partial charge in [-0.05, 0) is 18.1 Å². The topological polar surface area (TPSA) is 79.2 Å². The van der Waals surface area contributed by atoms with Gasteiger partial charge < -0.3 is 4.90 Å². The molecule has 0 fully saturated rings. The molecule has 12 heteroatoms. The Morgan fingerprint density at radius 1 is 1.28 bits per heavy atom. The van der Waals surface area contributed by atoms with E-state index >= 15 is 0 Å². The van der Waals surface area contributed by atoms with Gasteiger partial charge in [-0.2, -0.15) is 18.3 Å². The number of nitrogens with zero attached hydrogens (tertiary/aromatic N) is 5. The van der Waals surface area contributed by atoms with Crippen LogP contribution in [-0.4, -0.2) is 48.5 Å². The van der Waals surface area contributed by atoms with Crippen molar-refractivity contribution in [2.45, 2.75) is 12.6 Å². The molecule has 4 aromatic heterocycles. The summed E-state index contributed by atoms with van der Waals surface area (Å²) in [6.07, 6.45) is 3.79. The first kappa shape index (κ1) is 20.7. The molecule has 4 aromatic rings. The molecule has 7 nitrogen and oxygen atoms in total. The summed E-state index contributed by atoms with van der Waals surface area (Å²) in [5.41, 5.74) is 0.106. The number of halogens is 4. The first-order valence-electron chi connectivity index (χ1n) is 9.49. The van der Waals surface area contributed by atoms with Crippen LogP contribution >= 0.6 is 22.9 Å². The van der Waals surface area contributed by atoms with Gasteiger partial charge in [0.1, 0.15) is 10.2 Å². The van der Waals surface area contributed by atoms with Crippen molar-refractivity contribution in [1.82, 2.24) is 29.5 Å². The molecule has 1 aliphatic heterocycles. The van der Waals surface area contributed by atoms with Gasteiger partial charge in [-0.25, -0.2) is 9.97 Å². The average Bonchev–Trinajstić information content (AvgIpc) is 3.54. The lowest BCUT2D eigenvalue weighted by Crippen LogP contribution is -2.35. The molecule has 5 heterocycles. The lowest BCUT2D eigenvalue weighted by molar-refractivity contribution is -0.136. The van der Waals surface area contributed by atoms with Crippen molar-refractivity contribution < 1.29 is 18.0 Å². The molecule has 0 saturated carbocycles. The fourth-order valence-corrected chi connectivity index (χ4v) is 4.57. The van der Waals surface area contributed by atoms with Gasteiger partial charge in [-0.3, -0.25) is 14.3 Å². The maximum atomic E-state index is 13.8. The number of alkyl halides is 3. The number of rotatable bonds is 3. The van der Waals surface area contributed by atoms with Gasteiger partial charge >= 0.3 is 6.18 Å². The smallest absolute Gasteiger partial charge is 0.333 e. The molecule has 0 spiro atoms. The highest BCUT2D eigenvalue weighted by molar-refractivity contribution is 7.10. The van der Waals surface area contributed by atoms with Crippen LogP contribution in [-0.2, 0) is 6.18 Å². The molecule has 0 unspecified atom stereocenters. The predicted molar refractivity (Wildman–Crippen MR) is 113 cm³/mol. The third-order valence-electron chi connectivity index (χ3n) is 5.20. The second-order valence-corrected chi connectivity index (χ2v) is 8.39. The second kappa shape index (κ2) is 7.75. The molecule has 0 aliphatic carbocycles. The van der Waals surface area contributed by atoms with E-state index in [2.05, 4.69) is 20.2 Å². The number of H-pyrrole nitrogens is 1. The van der Waals surface area contributed by atoms with Gasteiger partial charge in [-0.15, -0.1) is 11.3 Å². The minimum atomic E-state index is -4.69. The quantitative estimate of drug-likeness (QED) is 0.459. The molecule has 32 heavy (non-hydrogen) atoms.